The molecular weight excluding hydrogens is 462 g/mol. The fourth-order valence-corrected chi connectivity index (χ4v) is 4.37. The van der Waals surface area contributed by atoms with Crippen LogP contribution in [0.2, 0.25) is 0 Å². The summed E-state index contributed by atoms with van der Waals surface area (Å²) in [5.41, 5.74) is 2.05. The number of aromatic nitrogens is 1. The molecule has 2 saturated heterocycles. The first-order valence-electron chi connectivity index (χ1n) is 9.72. The van der Waals surface area contributed by atoms with E-state index in [-0.39, 0.29) is 11.8 Å². The zero-order valence-electron chi connectivity index (χ0n) is 16.5. The maximum absolute atomic E-state index is 13.5. The standard InChI is InChI=1S/C23H18BrN3O4/c1-30-18-10-8-16(9-11-18)26-22(28)19-20(14-3-2-12-25-13-14)27(31-21(19)23(26)29)17-6-4-15(24)5-7-17/h2-13,19-21H,1H3/t19-,20+,21-/m1/s1. The lowest BCUT2D eigenvalue weighted by molar-refractivity contribution is -0.126. The first-order chi connectivity index (χ1) is 15.1. The van der Waals surface area contributed by atoms with E-state index in [2.05, 4.69) is 20.9 Å². The van der Waals surface area contributed by atoms with Gasteiger partial charge in [0.15, 0.2) is 6.10 Å². The zero-order chi connectivity index (χ0) is 21.5. The average molecular weight is 480 g/mol. The Kier molecular flexibility index (Phi) is 4.95. The minimum absolute atomic E-state index is 0.298. The van der Waals surface area contributed by atoms with Crippen LogP contribution in [0.1, 0.15) is 11.6 Å². The third-order valence-electron chi connectivity index (χ3n) is 5.55. The third-order valence-corrected chi connectivity index (χ3v) is 6.08. The molecule has 2 aromatic carbocycles. The summed E-state index contributed by atoms with van der Waals surface area (Å²) in [6.07, 6.45) is 2.46. The molecule has 2 aliphatic heterocycles. The van der Waals surface area contributed by atoms with Gasteiger partial charge in [0.2, 0.25) is 5.91 Å². The predicted octanol–water partition coefficient (Wildman–Crippen LogP) is 3.90. The minimum Gasteiger partial charge on any atom is -0.497 e. The molecular formula is C23H18BrN3O4. The van der Waals surface area contributed by atoms with E-state index >= 15 is 0 Å². The molecule has 0 spiro atoms. The monoisotopic (exact) mass is 479 g/mol. The number of carbonyl (C=O) groups is 2. The lowest BCUT2D eigenvalue weighted by Gasteiger charge is -2.28. The van der Waals surface area contributed by atoms with Crippen LogP contribution in [0.25, 0.3) is 0 Å². The number of rotatable bonds is 4. The molecule has 1 aromatic heterocycles. The first kappa shape index (κ1) is 19.7. The second-order valence-corrected chi connectivity index (χ2v) is 8.21. The molecule has 2 aliphatic rings. The highest BCUT2D eigenvalue weighted by molar-refractivity contribution is 9.10. The van der Waals surface area contributed by atoms with Crippen LogP contribution in [0.5, 0.6) is 5.75 Å². The van der Waals surface area contributed by atoms with Gasteiger partial charge in [-0.15, -0.1) is 0 Å². The number of benzene rings is 2. The van der Waals surface area contributed by atoms with Gasteiger partial charge in [0.25, 0.3) is 5.91 Å². The van der Waals surface area contributed by atoms with E-state index in [0.717, 1.165) is 15.7 Å². The molecule has 0 aliphatic carbocycles. The van der Waals surface area contributed by atoms with Crippen molar-refractivity contribution in [3.8, 4) is 5.75 Å². The van der Waals surface area contributed by atoms with Crippen molar-refractivity contribution >= 4 is 39.1 Å². The second kappa shape index (κ2) is 7.79. The Hall–Kier alpha value is -3.23. The van der Waals surface area contributed by atoms with Crippen molar-refractivity contribution in [2.75, 3.05) is 17.1 Å². The highest BCUT2D eigenvalue weighted by Crippen LogP contribution is 2.47. The molecule has 156 valence electrons. The van der Waals surface area contributed by atoms with Gasteiger partial charge in [-0.05, 0) is 60.2 Å². The lowest BCUT2D eigenvalue weighted by Crippen LogP contribution is -2.37. The molecule has 2 fully saturated rings. The maximum atomic E-state index is 13.5. The van der Waals surface area contributed by atoms with Crippen LogP contribution in [0.15, 0.2) is 77.5 Å². The highest BCUT2D eigenvalue weighted by atomic mass is 79.9. The molecule has 3 heterocycles. The van der Waals surface area contributed by atoms with E-state index < -0.39 is 18.1 Å². The molecule has 8 heteroatoms. The molecule has 3 aromatic rings. The SMILES string of the molecule is COc1ccc(N2C(=O)[C@H]3[C@@H](ON(c4ccc(Br)cc4)[C@H]3c3cccnc3)C2=O)cc1. The molecule has 0 saturated carbocycles. The summed E-state index contributed by atoms with van der Waals surface area (Å²) in [6.45, 7) is 0. The minimum atomic E-state index is -0.913. The van der Waals surface area contributed by atoms with E-state index in [1.54, 1.807) is 48.8 Å². The first-order valence-corrected chi connectivity index (χ1v) is 10.5. The predicted molar refractivity (Wildman–Crippen MR) is 117 cm³/mol. The van der Waals surface area contributed by atoms with Gasteiger partial charge in [-0.3, -0.25) is 19.4 Å². The number of ether oxygens (including phenoxy) is 1. The van der Waals surface area contributed by atoms with Crippen LogP contribution in [0, 0.1) is 5.92 Å². The van der Waals surface area contributed by atoms with E-state index in [1.165, 1.54) is 4.90 Å². The Morgan fingerprint density at radius 3 is 2.32 bits per heavy atom. The lowest BCUT2D eigenvalue weighted by atomic mass is 9.91. The fraction of sp³-hybridized carbons (Fsp3) is 0.174. The van der Waals surface area contributed by atoms with Gasteiger partial charge in [0.05, 0.1) is 24.5 Å². The van der Waals surface area contributed by atoms with Crippen molar-refractivity contribution in [3.63, 3.8) is 0 Å². The smallest absolute Gasteiger partial charge is 0.266 e. The van der Waals surface area contributed by atoms with Crippen molar-refractivity contribution in [1.29, 1.82) is 0 Å². The van der Waals surface area contributed by atoms with E-state index in [1.807, 2.05) is 36.4 Å². The van der Waals surface area contributed by atoms with Crippen molar-refractivity contribution in [2.24, 2.45) is 5.92 Å². The van der Waals surface area contributed by atoms with Gasteiger partial charge in [-0.1, -0.05) is 22.0 Å². The summed E-state index contributed by atoms with van der Waals surface area (Å²) in [5.74, 6) is -0.723. The number of halogens is 1. The van der Waals surface area contributed by atoms with Crippen LogP contribution in [0.4, 0.5) is 11.4 Å². The molecule has 0 unspecified atom stereocenters. The molecule has 0 N–H and O–H groups in total. The van der Waals surface area contributed by atoms with Crippen molar-refractivity contribution in [1.82, 2.24) is 4.98 Å². The summed E-state index contributed by atoms with van der Waals surface area (Å²) in [5, 5.41) is 1.65. The number of carbonyl (C=O) groups excluding carboxylic acids is 2. The van der Waals surface area contributed by atoms with E-state index in [4.69, 9.17) is 9.57 Å². The van der Waals surface area contributed by atoms with Gasteiger partial charge in [0.1, 0.15) is 11.7 Å². The van der Waals surface area contributed by atoms with Crippen LogP contribution in [-0.4, -0.2) is 30.0 Å². The number of anilines is 2. The summed E-state index contributed by atoms with van der Waals surface area (Å²) < 4.78 is 6.10. The summed E-state index contributed by atoms with van der Waals surface area (Å²) >= 11 is 3.43. The van der Waals surface area contributed by atoms with Crippen molar-refractivity contribution in [3.05, 3.63) is 83.1 Å². The topological polar surface area (TPSA) is 72.0 Å². The Balaban J connectivity index is 1.55. The number of fused-ring (bicyclic) bond motifs is 1. The Labute approximate surface area is 187 Å². The number of methoxy groups -OCH3 is 1. The number of nitrogens with zero attached hydrogens (tertiary/aromatic N) is 3. The Morgan fingerprint density at radius 2 is 1.68 bits per heavy atom. The van der Waals surface area contributed by atoms with Gasteiger partial charge < -0.3 is 4.74 Å². The number of amides is 2. The van der Waals surface area contributed by atoms with Crippen LogP contribution >= 0.6 is 15.9 Å². The molecule has 31 heavy (non-hydrogen) atoms. The summed E-state index contributed by atoms with van der Waals surface area (Å²) in [6, 6.07) is 17.6. The largest absolute Gasteiger partial charge is 0.497 e. The Morgan fingerprint density at radius 1 is 0.968 bits per heavy atom. The number of hydrogen-bond acceptors (Lipinski definition) is 6. The fourth-order valence-electron chi connectivity index (χ4n) is 4.10. The van der Waals surface area contributed by atoms with Gasteiger partial charge in [-0.2, -0.15) is 0 Å². The number of imide groups is 1. The maximum Gasteiger partial charge on any atom is 0.266 e. The van der Waals surface area contributed by atoms with E-state index in [9.17, 15) is 9.59 Å². The molecule has 0 bridgehead atoms. The van der Waals surface area contributed by atoms with Crippen molar-refractivity contribution in [2.45, 2.75) is 12.1 Å². The van der Waals surface area contributed by atoms with Crippen LogP contribution < -0.4 is 14.7 Å². The molecule has 5 rings (SSSR count). The molecule has 0 radical (unpaired) electrons. The number of pyridine rings is 1. The van der Waals surface area contributed by atoms with Gasteiger partial charge >= 0.3 is 0 Å². The van der Waals surface area contributed by atoms with Crippen LogP contribution in [0.3, 0.4) is 0 Å². The number of hydroxylamine groups is 1. The number of hydrogen-bond donors (Lipinski definition) is 0. The van der Waals surface area contributed by atoms with Crippen molar-refractivity contribution < 1.29 is 19.2 Å². The van der Waals surface area contributed by atoms with E-state index in [0.29, 0.717) is 11.4 Å². The van der Waals surface area contributed by atoms with Crippen LogP contribution in [-0.2, 0) is 14.4 Å². The quantitative estimate of drug-likeness (QED) is 0.528. The molecule has 3 atom stereocenters. The summed E-state index contributed by atoms with van der Waals surface area (Å²) in [7, 11) is 1.56. The Bertz CT molecular complexity index is 1120. The zero-order valence-corrected chi connectivity index (χ0v) is 18.1. The third kappa shape index (κ3) is 3.28. The van der Waals surface area contributed by atoms with Gasteiger partial charge in [0, 0.05) is 16.9 Å². The highest BCUT2D eigenvalue weighted by Gasteiger charge is 2.60. The average Bonchev–Trinajstić information content (AvgIpc) is 3.31. The molecule has 2 amide bonds. The summed E-state index contributed by atoms with van der Waals surface area (Å²) in [4.78, 5) is 38.3. The molecule has 7 nitrogen and oxygen atoms in total. The normalized spacial score (nSPS) is 22.7. The van der Waals surface area contributed by atoms with Gasteiger partial charge in [-0.25, -0.2) is 9.96 Å². The second-order valence-electron chi connectivity index (χ2n) is 7.30.